The molecule has 0 saturated carbocycles. The molecule has 2 aromatic heterocycles. The number of fused-ring (bicyclic) bond motifs is 3. The van der Waals surface area contributed by atoms with Crippen molar-refractivity contribution < 1.29 is 0 Å². The molecular weight excluding hydrogens is 1040 g/mol. The summed E-state index contributed by atoms with van der Waals surface area (Å²) in [6, 6.07) is 124. The van der Waals surface area contributed by atoms with E-state index in [9.17, 15) is 0 Å². The maximum atomic E-state index is 2.40. The van der Waals surface area contributed by atoms with Gasteiger partial charge in [0.25, 0.3) is 0 Å². The lowest BCUT2D eigenvalue weighted by atomic mass is 9.98. The van der Waals surface area contributed by atoms with Gasteiger partial charge in [0.15, 0.2) is 0 Å². The molecule has 0 aliphatic rings. The number of rotatable bonds is 13. The first-order chi connectivity index (χ1) is 42.1. The highest BCUT2D eigenvalue weighted by atomic mass is 32.1. The van der Waals surface area contributed by atoms with Gasteiger partial charge in [0.1, 0.15) is 0 Å². The summed E-state index contributed by atoms with van der Waals surface area (Å²) in [6.07, 6.45) is 0. The predicted octanol–water partition coefficient (Wildman–Crippen LogP) is 23.3. The van der Waals surface area contributed by atoms with Crippen LogP contribution in [0.3, 0.4) is 0 Å². The van der Waals surface area contributed by atoms with Gasteiger partial charge in [0, 0.05) is 43.3 Å². The van der Waals surface area contributed by atoms with Gasteiger partial charge in [-0.25, -0.2) is 0 Å². The Kier molecular flexibility index (Phi) is 13.5. The van der Waals surface area contributed by atoms with Crippen molar-refractivity contribution >= 4 is 50.2 Å². The van der Waals surface area contributed by atoms with Crippen LogP contribution in [-0.2, 0) is 0 Å². The summed E-state index contributed by atoms with van der Waals surface area (Å²) in [5.41, 5.74) is 25.9. The largest absolute Gasteiger partial charge is 0.311 e. The Labute approximate surface area is 500 Å². The van der Waals surface area contributed by atoms with E-state index in [0.717, 1.165) is 28.3 Å². The number of nitrogens with zero attached hydrogens (tertiary/aromatic N) is 2. The lowest BCUT2D eigenvalue weighted by molar-refractivity contribution is 1.18. The number of hydrogen-bond acceptors (Lipinski definition) is 2. The van der Waals surface area contributed by atoms with E-state index in [-0.39, 0.29) is 0 Å². The minimum Gasteiger partial charge on any atom is -0.311 e. The van der Waals surface area contributed by atoms with Crippen molar-refractivity contribution in [3.8, 4) is 104 Å². The van der Waals surface area contributed by atoms with Crippen molar-refractivity contribution in [2.24, 2.45) is 0 Å². The molecule has 0 spiro atoms. The normalized spacial score (nSPS) is 11.3. The van der Waals surface area contributed by atoms with Gasteiger partial charge < -0.3 is 9.47 Å². The summed E-state index contributed by atoms with van der Waals surface area (Å²) in [4.78, 5) is 4.91. The number of anilines is 3. The summed E-state index contributed by atoms with van der Waals surface area (Å²) in [7, 11) is 0. The summed E-state index contributed by atoms with van der Waals surface area (Å²) in [5, 5.41) is 2.46. The fraction of sp³-hybridized carbons (Fsp3) is 0. The third-order valence-corrected chi connectivity index (χ3v) is 17.7. The lowest BCUT2D eigenvalue weighted by Crippen LogP contribution is -2.09. The maximum absolute atomic E-state index is 2.40. The van der Waals surface area contributed by atoms with E-state index in [1.165, 1.54) is 115 Å². The number of para-hydroxylation sites is 1. The van der Waals surface area contributed by atoms with Crippen molar-refractivity contribution in [2.75, 3.05) is 4.90 Å². The monoisotopic (exact) mass is 1100 g/mol. The van der Waals surface area contributed by atoms with Crippen molar-refractivity contribution in [2.45, 2.75) is 0 Å². The molecule has 0 saturated heterocycles. The highest BCUT2D eigenvalue weighted by Crippen LogP contribution is 2.42. The highest BCUT2D eigenvalue weighted by molar-refractivity contribution is 7.18. The first-order valence-electron chi connectivity index (χ1n) is 29.0. The molecule has 15 rings (SSSR count). The number of aromatic nitrogens is 1. The van der Waals surface area contributed by atoms with Gasteiger partial charge in [0.2, 0.25) is 0 Å². The summed E-state index contributed by atoms with van der Waals surface area (Å²) >= 11 is 1.84. The molecule has 0 fully saturated rings. The van der Waals surface area contributed by atoms with E-state index in [2.05, 4.69) is 349 Å². The Morgan fingerprint density at radius 2 is 0.435 bits per heavy atom. The Morgan fingerprint density at radius 3 is 0.765 bits per heavy atom. The first kappa shape index (κ1) is 51.1. The average molecular weight is 1100 g/mol. The van der Waals surface area contributed by atoms with Crippen LogP contribution in [-0.4, -0.2) is 4.57 Å². The quantitative estimate of drug-likeness (QED) is 0.112. The third kappa shape index (κ3) is 10.2. The summed E-state index contributed by atoms with van der Waals surface area (Å²) in [5.74, 6) is 0. The highest BCUT2D eigenvalue weighted by Gasteiger charge is 2.18. The van der Waals surface area contributed by atoms with Gasteiger partial charge in [-0.15, -0.1) is 11.3 Å². The minimum atomic E-state index is 1.08. The standard InChI is InChI=1S/C82H56N2S/c1-5-13-57(14-6-1)59-21-25-61(26-22-59)64-37-45-74(46-38-64)83(75-47-39-65(40-48-75)62-27-23-60(24-28-62)58-15-7-2-8-16-58)76-49-41-66(42-50-76)63-29-31-67(32-30-63)71-43-51-79-77(55-71)78-56-72(44-52-80(78)84(79)73-19-11-4-12-20-73)68-33-35-70(36-34-68)82-54-53-81(85-82)69-17-9-3-10-18-69/h1-56H. The fourth-order valence-corrected chi connectivity index (χ4v) is 13.0. The van der Waals surface area contributed by atoms with Crippen LogP contribution in [0.25, 0.3) is 126 Å². The molecule has 0 N–H and O–H groups in total. The van der Waals surface area contributed by atoms with Crippen LogP contribution in [0.2, 0.25) is 0 Å². The topological polar surface area (TPSA) is 8.17 Å². The van der Waals surface area contributed by atoms with Crippen molar-refractivity contribution in [3.05, 3.63) is 340 Å². The molecule has 2 heterocycles. The molecule has 0 aliphatic carbocycles. The molecular formula is C82H56N2S. The Hall–Kier alpha value is -10.8. The smallest absolute Gasteiger partial charge is 0.0541 e. The SMILES string of the molecule is c1ccc(-c2ccc(-c3ccc(N(c4ccc(-c5ccc(-c6ccccc6)cc5)cc4)c4ccc(-c5ccc(-c6ccc7c(c6)c6cc(-c8ccc(-c9ccc(-c%10ccccc%10)s9)cc8)ccc6n7-c6ccccc6)cc5)cc4)cc3)cc2)cc1. The second-order valence-electron chi connectivity index (χ2n) is 21.7. The van der Waals surface area contributed by atoms with Crippen LogP contribution >= 0.6 is 11.3 Å². The second-order valence-corrected chi connectivity index (χ2v) is 22.8. The molecule has 0 amide bonds. The zero-order valence-electron chi connectivity index (χ0n) is 46.6. The molecule has 0 bridgehead atoms. The van der Waals surface area contributed by atoms with E-state index in [1.807, 2.05) is 11.3 Å². The Balaban J connectivity index is 0.719. The molecule has 0 unspecified atom stereocenters. The van der Waals surface area contributed by atoms with Gasteiger partial charge in [0.05, 0.1) is 11.0 Å². The van der Waals surface area contributed by atoms with Crippen LogP contribution in [0, 0.1) is 0 Å². The van der Waals surface area contributed by atoms with E-state index >= 15 is 0 Å². The van der Waals surface area contributed by atoms with Gasteiger partial charge in [-0.2, -0.15) is 0 Å². The van der Waals surface area contributed by atoms with Crippen LogP contribution in [0.15, 0.2) is 340 Å². The molecule has 0 aliphatic heterocycles. The average Bonchev–Trinajstić information content (AvgIpc) is 2.69. The van der Waals surface area contributed by atoms with Crippen LogP contribution in [0.1, 0.15) is 0 Å². The van der Waals surface area contributed by atoms with Crippen molar-refractivity contribution in [3.63, 3.8) is 0 Å². The van der Waals surface area contributed by atoms with Gasteiger partial charge >= 0.3 is 0 Å². The molecule has 3 heteroatoms. The van der Waals surface area contributed by atoms with E-state index in [0.29, 0.717) is 0 Å². The number of hydrogen-bond donors (Lipinski definition) is 0. The van der Waals surface area contributed by atoms with Gasteiger partial charge in [-0.1, -0.05) is 255 Å². The zero-order valence-corrected chi connectivity index (χ0v) is 47.5. The third-order valence-electron chi connectivity index (χ3n) is 16.5. The van der Waals surface area contributed by atoms with E-state index in [1.54, 1.807) is 0 Å². The zero-order chi connectivity index (χ0) is 56.5. The molecule has 0 atom stereocenters. The second kappa shape index (κ2) is 22.5. The fourth-order valence-electron chi connectivity index (χ4n) is 12.0. The Bertz CT molecular complexity index is 4640. The summed E-state index contributed by atoms with van der Waals surface area (Å²) in [6.45, 7) is 0. The molecule has 85 heavy (non-hydrogen) atoms. The molecule has 13 aromatic carbocycles. The molecule has 2 nitrogen and oxygen atoms in total. The molecule has 400 valence electrons. The van der Waals surface area contributed by atoms with Gasteiger partial charge in [-0.05, 0) is 174 Å². The number of benzene rings is 13. The summed E-state index contributed by atoms with van der Waals surface area (Å²) < 4.78 is 2.40. The van der Waals surface area contributed by atoms with Crippen molar-refractivity contribution in [1.82, 2.24) is 4.57 Å². The Morgan fingerprint density at radius 1 is 0.200 bits per heavy atom. The lowest BCUT2D eigenvalue weighted by Gasteiger charge is -2.26. The van der Waals surface area contributed by atoms with E-state index < -0.39 is 0 Å². The van der Waals surface area contributed by atoms with Crippen molar-refractivity contribution in [1.29, 1.82) is 0 Å². The predicted molar refractivity (Wildman–Crippen MR) is 362 cm³/mol. The van der Waals surface area contributed by atoms with E-state index in [4.69, 9.17) is 0 Å². The molecule has 0 radical (unpaired) electrons. The minimum absolute atomic E-state index is 1.08. The van der Waals surface area contributed by atoms with Crippen LogP contribution < -0.4 is 4.90 Å². The number of thiophene rings is 1. The van der Waals surface area contributed by atoms with Crippen LogP contribution in [0.5, 0.6) is 0 Å². The van der Waals surface area contributed by atoms with Crippen LogP contribution in [0.4, 0.5) is 17.1 Å². The van der Waals surface area contributed by atoms with Gasteiger partial charge in [-0.3, -0.25) is 0 Å². The molecule has 15 aromatic rings. The first-order valence-corrected chi connectivity index (χ1v) is 29.8. The maximum Gasteiger partial charge on any atom is 0.0541 e.